The first-order valence-corrected chi connectivity index (χ1v) is 5.89. The molecule has 1 amide bonds. The zero-order valence-corrected chi connectivity index (χ0v) is 11.8. The van der Waals surface area contributed by atoms with Crippen molar-refractivity contribution in [3.8, 4) is 0 Å². The van der Waals surface area contributed by atoms with E-state index in [-0.39, 0.29) is 11.7 Å². The second-order valence-corrected chi connectivity index (χ2v) is 5.10. The minimum atomic E-state index is -0.923. The highest BCUT2D eigenvalue weighted by Gasteiger charge is 2.27. The summed E-state index contributed by atoms with van der Waals surface area (Å²) in [5.41, 5.74) is 0.298. The van der Waals surface area contributed by atoms with Crippen LogP contribution in [-0.4, -0.2) is 18.6 Å². The Balaban J connectivity index is 2.97. The summed E-state index contributed by atoms with van der Waals surface area (Å²) >= 11 is 3.08. The van der Waals surface area contributed by atoms with Crippen LogP contribution in [0, 0.1) is 12.7 Å². The summed E-state index contributed by atoms with van der Waals surface area (Å²) in [6.07, 6.45) is 0. The molecule has 0 fully saturated rings. The van der Waals surface area contributed by atoms with Crippen LogP contribution < -0.4 is 5.32 Å². The molecule has 1 N–H and O–H groups in total. The van der Waals surface area contributed by atoms with Gasteiger partial charge in [-0.15, -0.1) is 0 Å². The van der Waals surface area contributed by atoms with Crippen LogP contribution in [0.25, 0.3) is 0 Å². The molecule has 0 aromatic heterocycles. The van der Waals surface area contributed by atoms with Crippen LogP contribution >= 0.6 is 15.9 Å². The summed E-state index contributed by atoms with van der Waals surface area (Å²) in [6.45, 7) is 5.05. The number of carbonyl (C=O) groups excluding carboxylic acids is 1. The Kier molecular flexibility index (Phi) is 4.27. The summed E-state index contributed by atoms with van der Waals surface area (Å²) in [5, 5.41) is 2.71. The molecule has 1 rings (SSSR count). The van der Waals surface area contributed by atoms with Crippen molar-refractivity contribution in [1.82, 2.24) is 0 Å². The number of halogens is 2. The van der Waals surface area contributed by atoms with E-state index in [9.17, 15) is 9.18 Å². The van der Waals surface area contributed by atoms with Gasteiger partial charge in [0.15, 0.2) is 0 Å². The third-order valence-electron chi connectivity index (χ3n) is 2.57. The van der Waals surface area contributed by atoms with Gasteiger partial charge in [0.2, 0.25) is 0 Å². The average molecular weight is 304 g/mol. The number of hydrogen-bond acceptors (Lipinski definition) is 2. The largest absolute Gasteiger partial charge is 0.369 e. The fourth-order valence-corrected chi connectivity index (χ4v) is 1.49. The van der Waals surface area contributed by atoms with Crippen LogP contribution in [0.4, 0.5) is 10.1 Å². The van der Waals surface area contributed by atoms with E-state index in [0.29, 0.717) is 15.7 Å². The molecule has 17 heavy (non-hydrogen) atoms. The Morgan fingerprint density at radius 2 is 2.06 bits per heavy atom. The highest BCUT2D eigenvalue weighted by atomic mass is 79.9. The predicted octanol–water partition coefficient (Wildman–Crippen LogP) is 3.26. The fraction of sp³-hybridized carbons (Fsp3) is 0.417. The van der Waals surface area contributed by atoms with Gasteiger partial charge >= 0.3 is 0 Å². The van der Waals surface area contributed by atoms with Gasteiger partial charge in [-0.1, -0.05) is 0 Å². The minimum absolute atomic E-state index is 0.276. The third kappa shape index (κ3) is 3.26. The molecule has 0 saturated carbocycles. The van der Waals surface area contributed by atoms with E-state index in [1.165, 1.54) is 19.2 Å². The Morgan fingerprint density at radius 1 is 1.47 bits per heavy atom. The number of benzene rings is 1. The van der Waals surface area contributed by atoms with Gasteiger partial charge in [-0.25, -0.2) is 4.39 Å². The topological polar surface area (TPSA) is 38.3 Å². The van der Waals surface area contributed by atoms with Crippen LogP contribution in [0.1, 0.15) is 19.4 Å². The second-order valence-electron chi connectivity index (χ2n) is 4.25. The highest BCUT2D eigenvalue weighted by molar-refractivity contribution is 9.10. The summed E-state index contributed by atoms with van der Waals surface area (Å²) in [5.74, 6) is -0.631. The number of rotatable bonds is 3. The van der Waals surface area contributed by atoms with E-state index in [0.717, 1.165) is 0 Å². The van der Waals surface area contributed by atoms with Gasteiger partial charge in [0.25, 0.3) is 5.91 Å². The minimum Gasteiger partial charge on any atom is -0.369 e. The number of nitrogens with one attached hydrogen (secondary N) is 1. The molecular weight excluding hydrogens is 289 g/mol. The number of methoxy groups -OCH3 is 1. The van der Waals surface area contributed by atoms with Crippen LogP contribution in [0.3, 0.4) is 0 Å². The van der Waals surface area contributed by atoms with Crippen LogP contribution in [0.5, 0.6) is 0 Å². The molecule has 3 nitrogen and oxygen atoms in total. The SMILES string of the molecule is COC(C)(C)C(=O)Nc1cc(Br)c(F)cc1C. The monoisotopic (exact) mass is 303 g/mol. The highest BCUT2D eigenvalue weighted by Crippen LogP contribution is 2.25. The zero-order chi connectivity index (χ0) is 13.2. The van der Waals surface area contributed by atoms with Crippen molar-refractivity contribution < 1.29 is 13.9 Å². The van der Waals surface area contributed by atoms with E-state index < -0.39 is 5.60 Å². The normalized spacial score (nSPS) is 11.4. The van der Waals surface area contributed by atoms with E-state index in [2.05, 4.69) is 21.2 Å². The summed E-state index contributed by atoms with van der Waals surface area (Å²) < 4.78 is 18.6. The van der Waals surface area contributed by atoms with Gasteiger partial charge in [-0.2, -0.15) is 0 Å². The lowest BCUT2D eigenvalue weighted by atomic mass is 10.1. The molecule has 0 atom stereocenters. The lowest BCUT2D eigenvalue weighted by Gasteiger charge is -2.22. The summed E-state index contributed by atoms with van der Waals surface area (Å²) in [6, 6.07) is 2.90. The molecule has 94 valence electrons. The number of anilines is 1. The molecule has 1 aromatic carbocycles. The Labute approximate surface area is 108 Å². The molecule has 1 aromatic rings. The van der Waals surface area contributed by atoms with Crippen molar-refractivity contribution in [2.45, 2.75) is 26.4 Å². The van der Waals surface area contributed by atoms with Crippen molar-refractivity contribution in [3.63, 3.8) is 0 Å². The summed E-state index contributed by atoms with van der Waals surface area (Å²) in [4.78, 5) is 11.9. The van der Waals surface area contributed by atoms with Crippen molar-refractivity contribution in [1.29, 1.82) is 0 Å². The first-order chi connectivity index (χ1) is 7.77. The van der Waals surface area contributed by atoms with Crippen molar-refractivity contribution in [2.75, 3.05) is 12.4 Å². The van der Waals surface area contributed by atoms with Gasteiger partial charge in [-0.05, 0) is 54.4 Å². The van der Waals surface area contributed by atoms with E-state index in [1.807, 2.05) is 0 Å². The Morgan fingerprint density at radius 3 is 2.59 bits per heavy atom. The van der Waals surface area contributed by atoms with E-state index in [4.69, 9.17) is 4.74 Å². The lowest BCUT2D eigenvalue weighted by Crippen LogP contribution is -2.39. The summed E-state index contributed by atoms with van der Waals surface area (Å²) in [7, 11) is 1.47. The maximum atomic E-state index is 13.2. The number of amides is 1. The van der Waals surface area contributed by atoms with E-state index >= 15 is 0 Å². The molecule has 5 heteroatoms. The second kappa shape index (κ2) is 5.14. The average Bonchev–Trinajstić information content (AvgIpc) is 2.25. The molecule has 0 spiro atoms. The maximum Gasteiger partial charge on any atom is 0.256 e. The van der Waals surface area contributed by atoms with Crippen LogP contribution in [-0.2, 0) is 9.53 Å². The molecule has 0 bridgehead atoms. The molecular formula is C12H15BrFNO2. The number of aryl methyl sites for hydroxylation is 1. The first-order valence-electron chi connectivity index (χ1n) is 5.10. The fourth-order valence-electron chi connectivity index (χ4n) is 1.15. The first kappa shape index (κ1) is 14.1. The molecule has 0 saturated heterocycles. The van der Waals surface area contributed by atoms with Crippen molar-refractivity contribution in [3.05, 3.63) is 28.0 Å². The van der Waals surface area contributed by atoms with Gasteiger partial charge in [-0.3, -0.25) is 4.79 Å². The van der Waals surface area contributed by atoms with E-state index in [1.54, 1.807) is 20.8 Å². The van der Waals surface area contributed by atoms with Gasteiger partial charge in [0.1, 0.15) is 11.4 Å². The predicted molar refractivity (Wildman–Crippen MR) is 68.6 cm³/mol. The van der Waals surface area contributed by atoms with Crippen molar-refractivity contribution in [2.24, 2.45) is 0 Å². The molecule has 0 unspecified atom stereocenters. The lowest BCUT2D eigenvalue weighted by molar-refractivity contribution is -0.133. The quantitative estimate of drug-likeness (QED) is 0.931. The molecule has 0 heterocycles. The molecule has 0 aliphatic carbocycles. The number of carbonyl (C=O) groups is 1. The smallest absolute Gasteiger partial charge is 0.256 e. The number of hydrogen-bond donors (Lipinski definition) is 1. The Hall–Kier alpha value is -0.940. The molecule has 0 aliphatic rings. The van der Waals surface area contributed by atoms with Crippen LogP contribution in [0.2, 0.25) is 0 Å². The number of ether oxygens (including phenoxy) is 1. The zero-order valence-electron chi connectivity index (χ0n) is 10.2. The van der Waals surface area contributed by atoms with Gasteiger partial charge < -0.3 is 10.1 Å². The Bertz CT molecular complexity index is 446. The maximum absolute atomic E-state index is 13.2. The molecule has 0 aliphatic heterocycles. The van der Waals surface area contributed by atoms with Crippen LogP contribution in [0.15, 0.2) is 16.6 Å². The van der Waals surface area contributed by atoms with Gasteiger partial charge in [0.05, 0.1) is 4.47 Å². The van der Waals surface area contributed by atoms with Gasteiger partial charge in [0, 0.05) is 12.8 Å². The van der Waals surface area contributed by atoms with Crippen molar-refractivity contribution >= 4 is 27.5 Å². The molecule has 0 radical (unpaired) electrons. The standard InChI is InChI=1S/C12H15BrFNO2/c1-7-5-9(14)8(13)6-10(7)15-11(16)12(2,3)17-4/h5-6H,1-4H3,(H,15,16). The third-order valence-corrected chi connectivity index (χ3v) is 3.18.